The lowest BCUT2D eigenvalue weighted by Gasteiger charge is -2.14. The number of nitrogens with one attached hydrogen (secondary N) is 1. The predicted octanol–water partition coefficient (Wildman–Crippen LogP) is 1.76. The fourth-order valence-electron chi connectivity index (χ4n) is 0.994. The fraction of sp³-hybridized carbons (Fsp3) is 0.909. The molecule has 0 radical (unpaired) electrons. The number of nitrogens with two attached hydrogens (primary N) is 1. The first-order valence-electron chi connectivity index (χ1n) is 5.76. The molecule has 0 spiro atoms. The van der Waals surface area contributed by atoms with Crippen molar-refractivity contribution in [1.29, 1.82) is 0 Å². The molecule has 90 valence electrons. The summed E-state index contributed by atoms with van der Waals surface area (Å²) in [4.78, 5) is 11.5. The SMILES string of the molecule is CCCCNC(=O)C(C)SCC(N)CC. The number of amides is 1. The van der Waals surface area contributed by atoms with Crippen LogP contribution in [0.15, 0.2) is 0 Å². The number of carbonyl (C=O) groups is 1. The minimum Gasteiger partial charge on any atom is -0.355 e. The van der Waals surface area contributed by atoms with Crippen LogP contribution in [0.2, 0.25) is 0 Å². The van der Waals surface area contributed by atoms with Crippen LogP contribution in [0.25, 0.3) is 0 Å². The maximum Gasteiger partial charge on any atom is 0.232 e. The zero-order chi connectivity index (χ0) is 11.7. The Morgan fingerprint density at radius 1 is 1.47 bits per heavy atom. The second kappa shape index (κ2) is 9.04. The van der Waals surface area contributed by atoms with Crippen molar-refractivity contribution in [3.63, 3.8) is 0 Å². The molecule has 0 aromatic carbocycles. The Labute approximate surface area is 97.6 Å². The molecule has 0 aliphatic rings. The van der Waals surface area contributed by atoms with Gasteiger partial charge in [-0.15, -0.1) is 11.8 Å². The quantitative estimate of drug-likeness (QED) is 0.627. The first kappa shape index (κ1) is 14.8. The normalized spacial score (nSPS) is 14.7. The largest absolute Gasteiger partial charge is 0.355 e. The molecule has 0 rings (SSSR count). The predicted molar refractivity (Wildman–Crippen MR) is 68.1 cm³/mol. The molecule has 3 nitrogen and oxygen atoms in total. The summed E-state index contributed by atoms with van der Waals surface area (Å²) in [7, 11) is 0. The highest BCUT2D eigenvalue weighted by molar-refractivity contribution is 8.00. The summed E-state index contributed by atoms with van der Waals surface area (Å²) in [5.74, 6) is 0.996. The zero-order valence-corrected chi connectivity index (χ0v) is 10.9. The van der Waals surface area contributed by atoms with Crippen molar-refractivity contribution in [2.24, 2.45) is 5.73 Å². The molecule has 0 heterocycles. The molecule has 4 heteroatoms. The molecule has 0 aromatic heterocycles. The number of hydrogen-bond acceptors (Lipinski definition) is 3. The van der Waals surface area contributed by atoms with Crippen LogP contribution in [0.5, 0.6) is 0 Å². The fourth-order valence-corrected chi connectivity index (χ4v) is 2.00. The molecule has 0 aliphatic heterocycles. The Kier molecular flexibility index (Phi) is 8.91. The molecule has 0 aromatic rings. The standard InChI is InChI=1S/C11H24N2OS/c1-4-6-7-13-11(14)9(3)15-8-10(12)5-2/h9-10H,4-8,12H2,1-3H3,(H,13,14). The summed E-state index contributed by atoms with van der Waals surface area (Å²) >= 11 is 1.64. The molecule has 0 bridgehead atoms. The molecular weight excluding hydrogens is 208 g/mol. The van der Waals surface area contributed by atoms with Crippen LogP contribution in [-0.2, 0) is 4.79 Å². The lowest BCUT2D eigenvalue weighted by molar-refractivity contribution is -0.120. The van der Waals surface area contributed by atoms with Crippen molar-refractivity contribution in [1.82, 2.24) is 5.32 Å². The summed E-state index contributed by atoms with van der Waals surface area (Å²) in [5, 5.41) is 2.94. The first-order chi connectivity index (χ1) is 7.11. The lowest BCUT2D eigenvalue weighted by atomic mass is 10.3. The van der Waals surface area contributed by atoms with E-state index in [1.54, 1.807) is 11.8 Å². The minimum absolute atomic E-state index is 0.0134. The van der Waals surface area contributed by atoms with E-state index in [-0.39, 0.29) is 17.2 Å². The van der Waals surface area contributed by atoms with Gasteiger partial charge in [0.15, 0.2) is 0 Å². The third-order valence-corrected chi connectivity index (χ3v) is 3.62. The van der Waals surface area contributed by atoms with E-state index in [1.165, 1.54) is 0 Å². The second-order valence-corrected chi connectivity index (χ2v) is 5.16. The zero-order valence-electron chi connectivity index (χ0n) is 10.1. The van der Waals surface area contributed by atoms with Crippen molar-refractivity contribution in [3.05, 3.63) is 0 Å². The monoisotopic (exact) mass is 232 g/mol. The van der Waals surface area contributed by atoms with E-state index in [9.17, 15) is 4.79 Å². The maximum atomic E-state index is 11.5. The second-order valence-electron chi connectivity index (χ2n) is 3.79. The van der Waals surface area contributed by atoms with Crippen LogP contribution in [0, 0.1) is 0 Å². The van der Waals surface area contributed by atoms with Gasteiger partial charge in [0.2, 0.25) is 5.91 Å². The number of rotatable bonds is 8. The maximum absolute atomic E-state index is 11.5. The Morgan fingerprint density at radius 2 is 2.13 bits per heavy atom. The van der Waals surface area contributed by atoms with Crippen molar-refractivity contribution in [2.75, 3.05) is 12.3 Å². The Bertz CT molecular complexity index is 176. The van der Waals surface area contributed by atoms with Crippen LogP contribution in [0.3, 0.4) is 0 Å². The lowest BCUT2D eigenvalue weighted by Crippen LogP contribution is -2.33. The van der Waals surface area contributed by atoms with Gasteiger partial charge in [0.1, 0.15) is 0 Å². The van der Waals surface area contributed by atoms with E-state index in [4.69, 9.17) is 5.73 Å². The average Bonchev–Trinajstić information content (AvgIpc) is 2.25. The van der Waals surface area contributed by atoms with Gasteiger partial charge in [0.25, 0.3) is 0 Å². The van der Waals surface area contributed by atoms with E-state index >= 15 is 0 Å². The van der Waals surface area contributed by atoms with Gasteiger partial charge in [-0.2, -0.15) is 0 Å². The molecule has 3 N–H and O–H groups in total. The highest BCUT2D eigenvalue weighted by atomic mass is 32.2. The van der Waals surface area contributed by atoms with Gasteiger partial charge in [0.05, 0.1) is 5.25 Å². The molecule has 0 aliphatic carbocycles. The van der Waals surface area contributed by atoms with Crippen LogP contribution in [0.4, 0.5) is 0 Å². The van der Waals surface area contributed by atoms with Crippen LogP contribution < -0.4 is 11.1 Å². The van der Waals surface area contributed by atoms with Gasteiger partial charge < -0.3 is 11.1 Å². The van der Waals surface area contributed by atoms with Crippen molar-refractivity contribution < 1.29 is 4.79 Å². The van der Waals surface area contributed by atoms with Crippen molar-refractivity contribution in [2.45, 2.75) is 51.3 Å². The molecular formula is C11H24N2OS. The topological polar surface area (TPSA) is 55.1 Å². The van der Waals surface area contributed by atoms with Gasteiger partial charge in [0, 0.05) is 18.3 Å². The molecule has 1 amide bonds. The van der Waals surface area contributed by atoms with Gasteiger partial charge in [-0.25, -0.2) is 0 Å². The first-order valence-corrected chi connectivity index (χ1v) is 6.81. The summed E-state index contributed by atoms with van der Waals surface area (Å²) in [6.07, 6.45) is 3.14. The van der Waals surface area contributed by atoms with E-state index in [1.807, 2.05) is 6.92 Å². The van der Waals surface area contributed by atoms with Crippen LogP contribution >= 0.6 is 11.8 Å². The van der Waals surface area contributed by atoms with Crippen molar-refractivity contribution in [3.8, 4) is 0 Å². The molecule has 0 saturated heterocycles. The van der Waals surface area contributed by atoms with Gasteiger partial charge >= 0.3 is 0 Å². The van der Waals surface area contributed by atoms with Crippen molar-refractivity contribution >= 4 is 17.7 Å². The molecule has 15 heavy (non-hydrogen) atoms. The van der Waals surface area contributed by atoms with Gasteiger partial charge in [-0.1, -0.05) is 20.3 Å². The Hall–Kier alpha value is -0.220. The third-order valence-electron chi connectivity index (χ3n) is 2.28. The Morgan fingerprint density at radius 3 is 2.67 bits per heavy atom. The molecule has 2 atom stereocenters. The third kappa shape index (κ3) is 7.68. The summed E-state index contributed by atoms with van der Waals surface area (Å²) < 4.78 is 0. The van der Waals surface area contributed by atoms with E-state index < -0.39 is 0 Å². The Balaban J connectivity index is 3.60. The molecule has 2 unspecified atom stereocenters. The van der Waals surface area contributed by atoms with E-state index in [0.29, 0.717) is 0 Å². The summed E-state index contributed by atoms with van der Waals surface area (Å²) in [5.41, 5.74) is 5.79. The highest BCUT2D eigenvalue weighted by Crippen LogP contribution is 2.12. The number of hydrogen-bond donors (Lipinski definition) is 2. The number of carbonyl (C=O) groups excluding carboxylic acids is 1. The van der Waals surface area contributed by atoms with E-state index in [2.05, 4.69) is 19.2 Å². The van der Waals surface area contributed by atoms with Crippen LogP contribution in [0.1, 0.15) is 40.0 Å². The summed E-state index contributed by atoms with van der Waals surface area (Å²) in [6, 6.07) is 0.209. The van der Waals surface area contributed by atoms with Gasteiger partial charge in [-0.3, -0.25) is 4.79 Å². The van der Waals surface area contributed by atoms with Crippen LogP contribution in [-0.4, -0.2) is 29.5 Å². The number of unbranched alkanes of at least 4 members (excludes halogenated alkanes) is 1. The van der Waals surface area contributed by atoms with Gasteiger partial charge in [-0.05, 0) is 19.8 Å². The van der Waals surface area contributed by atoms with E-state index in [0.717, 1.165) is 31.6 Å². The molecule has 0 saturated carbocycles. The summed E-state index contributed by atoms with van der Waals surface area (Å²) in [6.45, 7) is 6.91. The number of thioether (sulfide) groups is 1. The molecule has 0 fully saturated rings. The minimum atomic E-state index is 0.0134. The highest BCUT2D eigenvalue weighted by Gasteiger charge is 2.13. The average molecular weight is 232 g/mol. The smallest absolute Gasteiger partial charge is 0.232 e.